The van der Waals surface area contributed by atoms with Gasteiger partial charge in [-0.15, -0.1) is 0 Å². The number of aryl methyl sites for hydroxylation is 2. The molecule has 0 saturated carbocycles. The molecule has 1 atom stereocenters. The Kier molecular flexibility index (Phi) is 4.74. The highest BCUT2D eigenvalue weighted by atomic mass is 32.2. The normalized spacial score (nSPS) is 13.3. The number of aromatic amines is 1. The molecule has 7 heteroatoms. The number of nitrogens with one attached hydrogen (secondary N) is 2. The number of sulfonamides is 1. The fourth-order valence-electron chi connectivity index (χ4n) is 2.05. The molecule has 0 radical (unpaired) electrons. The minimum atomic E-state index is -3.58. The summed E-state index contributed by atoms with van der Waals surface area (Å²) in [5, 5.41) is 0.101. The molecule has 0 saturated heterocycles. The molecule has 1 unspecified atom stereocenters. The van der Waals surface area contributed by atoms with E-state index < -0.39 is 10.0 Å². The van der Waals surface area contributed by atoms with Crippen molar-refractivity contribution in [3.05, 3.63) is 41.6 Å². The van der Waals surface area contributed by atoms with E-state index in [1.807, 2.05) is 32.9 Å². The second-order valence-corrected chi connectivity index (χ2v) is 6.72. The predicted molar refractivity (Wildman–Crippen MR) is 80.4 cm³/mol. The van der Waals surface area contributed by atoms with Crippen LogP contribution in [0, 0.1) is 6.92 Å². The van der Waals surface area contributed by atoms with Gasteiger partial charge in [0.05, 0.1) is 6.20 Å². The summed E-state index contributed by atoms with van der Waals surface area (Å²) in [5.41, 5.74) is 1.95. The molecule has 0 fully saturated rings. The first kappa shape index (κ1) is 15.7. The Morgan fingerprint density at radius 2 is 2.14 bits per heavy atom. The molecule has 2 heterocycles. The third-order valence-corrected chi connectivity index (χ3v) is 4.70. The Morgan fingerprint density at radius 3 is 2.76 bits per heavy atom. The van der Waals surface area contributed by atoms with Crippen LogP contribution in [0.15, 0.2) is 29.6 Å². The summed E-state index contributed by atoms with van der Waals surface area (Å²) in [6.07, 6.45) is 4.27. The Hall–Kier alpha value is -1.73. The van der Waals surface area contributed by atoms with E-state index in [1.54, 1.807) is 6.20 Å². The smallest absolute Gasteiger partial charge is 0.257 e. The van der Waals surface area contributed by atoms with Crippen molar-refractivity contribution in [3.8, 4) is 0 Å². The number of pyridine rings is 1. The van der Waals surface area contributed by atoms with Gasteiger partial charge in [-0.2, -0.15) is 0 Å². The second kappa shape index (κ2) is 6.36. The van der Waals surface area contributed by atoms with Gasteiger partial charge in [-0.1, -0.05) is 13.0 Å². The van der Waals surface area contributed by atoms with Crippen LogP contribution in [0.1, 0.15) is 30.9 Å². The molecule has 21 heavy (non-hydrogen) atoms. The maximum Gasteiger partial charge on any atom is 0.257 e. The molecule has 0 aliphatic carbocycles. The van der Waals surface area contributed by atoms with Crippen LogP contribution >= 0.6 is 0 Å². The molecule has 0 bridgehead atoms. The van der Waals surface area contributed by atoms with Gasteiger partial charge < -0.3 is 4.98 Å². The van der Waals surface area contributed by atoms with Crippen LogP contribution in [0.2, 0.25) is 0 Å². The number of aromatic nitrogens is 3. The Bertz CT molecular complexity index is 709. The van der Waals surface area contributed by atoms with Gasteiger partial charge in [0.25, 0.3) is 10.0 Å². The Labute approximate surface area is 125 Å². The summed E-state index contributed by atoms with van der Waals surface area (Å²) in [7, 11) is -3.58. The van der Waals surface area contributed by atoms with Crippen molar-refractivity contribution in [2.45, 2.75) is 44.7 Å². The van der Waals surface area contributed by atoms with E-state index in [0.29, 0.717) is 18.7 Å². The molecule has 0 aliphatic heterocycles. The molecule has 2 rings (SSSR count). The summed E-state index contributed by atoms with van der Waals surface area (Å²) in [4.78, 5) is 11.1. The summed E-state index contributed by atoms with van der Waals surface area (Å²) in [5.74, 6) is 0.656. The zero-order valence-corrected chi connectivity index (χ0v) is 13.2. The predicted octanol–water partition coefficient (Wildman–Crippen LogP) is 1.59. The van der Waals surface area contributed by atoms with Gasteiger partial charge in [-0.25, -0.2) is 18.1 Å². The lowest BCUT2D eigenvalue weighted by molar-refractivity contribution is 0.554. The van der Waals surface area contributed by atoms with Crippen molar-refractivity contribution in [2.24, 2.45) is 0 Å². The Morgan fingerprint density at radius 1 is 1.38 bits per heavy atom. The van der Waals surface area contributed by atoms with Crippen LogP contribution in [0.3, 0.4) is 0 Å². The van der Waals surface area contributed by atoms with Gasteiger partial charge in [0, 0.05) is 30.8 Å². The molecular formula is C14H20N4O2S. The third-order valence-electron chi connectivity index (χ3n) is 3.20. The van der Waals surface area contributed by atoms with Crippen molar-refractivity contribution in [2.75, 3.05) is 0 Å². The topological polar surface area (TPSA) is 87.7 Å². The highest BCUT2D eigenvalue weighted by molar-refractivity contribution is 7.89. The van der Waals surface area contributed by atoms with Crippen molar-refractivity contribution in [3.63, 3.8) is 0 Å². The molecule has 0 spiro atoms. The van der Waals surface area contributed by atoms with Gasteiger partial charge >= 0.3 is 0 Å². The maximum atomic E-state index is 12.2. The van der Waals surface area contributed by atoms with E-state index >= 15 is 0 Å². The molecule has 6 nitrogen and oxygen atoms in total. The van der Waals surface area contributed by atoms with Crippen molar-refractivity contribution in [1.29, 1.82) is 0 Å². The van der Waals surface area contributed by atoms with Crippen LogP contribution in [0.4, 0.5) is 0 Å². The van der Waals surface area contributed by atoms with E-state index in [4.69, 9.17) is 0 Å². The zero-order valence-electron chi connectivity index (χ0n) is 12.4. The van der Waals surface area contributed by atoms with Gasteiger partial charge in [-0.05, 0) is 25.5 Å². The van der Waals surface area contributed by atoms with E-state index in [1.165, 1.54) is 6.20 Å². The largest absolute Gasteiger partial charge is 0.332 e. The highest BCUT2D eigenvalue weighted by Crippen LogP contribution is 2.10. The lowest BCUT2D eigenvalue weighted by Crippen LogP contribution is -2.34. The average molecular weight is 308 g/mol. The minimum absolute atomic E-state index is 0.101. The molecule has 114 valence electrons. The lowest BCUT2D eigenvalue weighted by Gasteiger charge is -2.14. The van der Waals surface area contributed by atoms with Crippen LogP contribution in [-0.4, -0.2) is 29.4 Å². The Balaban J connectivity index is 2.08. The molecule has 0 aromatic carbocycles. The van der Waals surface area contributed by atoms with Crippen LogP contribution in [0.25, 0.3) is 0 Å². The number of H-pyrrole nitrogens is 1. The lowest BCUT2D eigenvalue weighted by atomic mass is 10.1. The van der Waals surface area contributed by atoms with Crippen LogP contribution < -0.4 is 4.72 Å². The molecule has 0 amide bonds. The summed E-state index contributed by atoms with van der Waals surface area (Å²) >= 11 is 0. The van der Waals surface area contributed by atoms with Gasteiger partial charge in [0.1, 0.15) is 5.82 Å². The summed E-state index contributed by atoms with van der Waals surface area (Å²) < 4.78 is 27.1. The molecule has 2 aromatic heterocycles. The quantitative estimate of drug-likeness (QED) is 0.848. The number of hydrogen-bond donors (Lipinski definition) is 2. The van der Waals surface area contributed by atoms with E-state index in [0.717, 1.165) is 11.3 Å². The first-order chi connectivity index (χ1) is 9.92. The molecule has 2 aromatic rings. The zero-order chi connectivity index (χ0) is 15.5. The first-order valence-electron chi connectivity index (χ1n) is 6.89. The molecule has 0 aliphatic rings. The maximum absolute atomic E-state index is 12.2. The summed E-state index contributed by atoms with van der Waals surface area (Å²) in [6, 6.07) is 3.58. The number of hydrogen-bond acceptors (Lipinski definition) is 4. The van der Waals surface area contributed by atoms with Gasteiger partial charge in [0.15, 0.2) is 5.03 Å². The first-order valence-corrected chi connectivity index (χ1v) is 8.37. The fraction of sp³-hybridized carbons (Fsp3) is 0.429. The van der Waals surface area contributed by atoms with Crippen LogP contribution in [0.5, 0.6) is 0 Å². The van der Waals surface area contributed by atoms with E-state index in [-0.39, 0.29) is 11.1 Å². The monoisotopic (exact) mass is 308 g/mol. The van der Waals surface area contributed by atoms with Crippen LogP contribution in [-0.2, 0) is 22.9 Å². The third kappa shape index (κ3) is 3.89. The highest BCUT2D eigenvalue weighted by Gasteiger charge is 2.20. The van der Waals surface area contributed by atoms with E-state index in [2.05, 4.69) is 19.7 Å². The number of imidazole rings is 1. The molecular weight excluding hydrogens is 288 g/mol. The average Bonchev–Trinajstić information content (AvgIpc) is 2.90. The fourth-order valence-corrected chi connectivity index (χ4v) is 3.24. The van der Waals surface area contributed by atoms with Crippen molar-refractivity contribution < 1.29 is 8.42 Å². The van der Waals surface area contributed by atoms with Gasteiger partial charge in [-0.3, -0.25) is 4.98 Å². The van der Waals surface area contributed by atoms with Gasteiger partial charge in [0.2, 0.25) is 0 Å². The van der Waals surface area contributed by atoms with Crippen molar-refractivity contribution in [1.82, 2.24) is 19.7 Å². The number of rotatable bonds is 6. The van der Waals surface area contributed by atoms with Crippen molar-refractivity contribution >= 4 is 10.0 Å². The standard InChI is InChI=1S/C14H20N4O2S/c1-4-13-16-9-14(17-13)21(19,20)18-11(3)8-12-10(2)6-5-7-15-12/h5-7,9,11,18H,4,8H2,1-3H3,(H,16,17). The van der Waals surface area contributed by atoms with E-state index in [9.17, 15) is 8.42 Å². The second-order valence-electron chi connectivity index (χ2n) is 5.04. The number of nitrogens with zero attached hydrogens (tertiary/aromatic N) is 2. The minimum Gasteiger partial charge on any atom is -0.332 e. The molecule has 2 N–H and O–H groups in total. The SMILES string of the molecule is CCc1ncc(S(=O)(=O)NC(C)Cc2ncccc2C)[nH]1. The summed E-state index contributed by atoms with van der Waals surface area (Å²) in [6.45, 7) is 5.70.